The van der Waals surface area contributed by atoms with Gasteiger partial charge in [0.2, 0.25) is 5.60 Å². The Hall–Kier alpha value is -3.02. The first-order valence-corrected chi connectivity index (χ1v) is 10.4. The number of carbonyl (C=O) groups is 4. The molecule has 0 aromatic heterocycles. The SMILES string of the molecule is COC(C)(C)OC(C)(C)C(=O)Oc1ccc(C[C@H](N)C(=O)O)cc1OC(=O)C(C)(C)OC(C)=O. The minimum atomic E-state index is -1.65. The second-order valence-electron chi connectivity index (χ2n) is 9.03. The number of carboxylic acid groups (broad SMARTS) is 1. The van der Waals surface area contributed by atoms with Gasteiger partial charge in [0.05, 0.1) is 0 Å². The summed E-state index contributed by atoms with van der Waals surface area (Å²) in [5.41, 5.74) is 2.89. The van der Waals surface area contributed by atoms with Crippen LogP contribution >= 0.6 is 0 Å². The van der Waals surface area contributed by atoms with Gasteiger partial charge < -0.3 is 34.5 Å². The highest BCUT2D eigenvalue weighted by atomic mass is 16.7. The Kier molecular flexibility index (Phi) is 9.33. The molecule has 0 aliphatic carbocycles. The molecule has 0 heterocycles. The summed E-state index contributed by atoms with van der Waals surface area (Å²) in [5, 5.41) is 9.07. The summed E-state index contributed by atoms with van der Waals surface area (Å²) < 4.78 is 26.7. The summed E-state index contributed by atoms with van der Waals surface area (Å²) in [5.74, 6) is -5.12. The van der Waals surface area contributed by atoms with Crippen molar-refractivity contribution in [2.24, 2.45) is 5.73 Å². The smallest absolute Gasteiger partial charge is 0.355 e. The Morgan fingerprint density at radius 3 is 1.97 bits per heavy atom. The van der Waals surface area contributed by atoms with E-state index < -0.39 is 46.9 Å². The zero-order valence-corrected chi connectivity index (χ0v) is 20.7. The number of methoxy groups -OCH3 is 1. The van der Waals surface area contributed by atoms with Crippen LogP contribution in [0.5, 0.6) is 11.5 Å². The van der Waals surface area contributed by atoms with Crippen molar-refractivity contribution in [1.82, 2.24) is 0 Å². The maximum Gasteiger partial charge on any atom is 0.355 e. The number of hydrogen-bond donors (Lipinski definition) is 2. The Morgan fingerprint density at radius 2 is 1.47 bits per heavy atom. The molecule has 0 fully saturated rings. The van der Waals surface area contributed by atoms with Gasteiger partial charge in [0.1, 0.15) is 6.04 Å². The van der Waals surface area contributed by atoms with E-state index in [1.165, 1.54) is 53.0 Å². The number of ether oxygens (including phenoxy) is 5. The van der Waals surface area contributed by atoms with E-state index >= 15 is 0 Å². The van der Waals surface area contributed by atoms with Gasteiger partial charge in [-0.2, -0.15) is 0 Å². The molecule has 0 saturated carbocycles. The first-order chi connectivity index (χ1) is 15.4. The van der Waals surface area contributed by atoms with Crippen molar-refractivity contribution in [2.45, 2.75) is 77.9 Å². The van der Waals surface area contributed by atoms with E-state index in [2.05, 4.69) is 0 Å². The minimum absolute atomic E-state index is 0.0852. The highest BCUT2D eigenvalue weighted by Gasteiger charge is 2.39. The molecular formula is C23H33NO10. The van der Waals surface area contributed by atoms with E-state index in [9.17, 15) is 19.2 Å². The molecular weight excluding hydrogens is 450 g/mol. The van der Waals surface area contributed by atoms with Crippen LogP contribution in [0.3, 0.4) is 0 Å². The number of esters is 3. The molecule has 3 N–H and O–H groups in total. The lowest BCUT2D eigenvalue weighted by atomic mass is 10.1. The third kappa shape index (κ3) is 8.40. The molecule has 0 radical (unpaired) electrons. The van der Waals surface area contributed by atoms with Crippen molar-refractivity contribution in [3.8, 4) is 11.5 Å². The summed E-state index contributed by atoms with van der Waals surface area (Å²) in [6.07, 6.45) is -0.0852. The van der Waals surface area contributed by atoms with Crippen LogP contribution in [-0.4, -0.2) is 59.1 Å². The Morgan fingerprint density at radius 1 is 0.941 bits per heavy atom. The van der Waals surface area contributed by atoms with Crippen molar-refractivity contribution in [2.75, 3.05) is 7.11 Å². The van der Waals surface area contributed by atoms with Crippen LogP contribution in [0.15, 0.2) is 18.2 Å². The number of carbonyl (C=O) groups excluding carboxylic acids is 3. The molecule has 11 heteroatoms. The van der Waals surface area contributed by atoms with Gasteiger partial charge in [-0.15, -0.1) is 0 Å². The maximum atomic E-state index is 12.8. The van der Waals surface area contributed by atoms with E-state index in [4.69, 9.17) is 34.5 Å². The predicted molar refractivity (Wildman–Crippen MR) is 119 cm³/mol. The molecule has 1 aromatic carbocycles. The summed E-state index contributed by atoms with van der Waals surface area (Å²) in [6, 6.07) is 2.92. The van der Waals surface area contributed by atoms with Crippen LogP contribution in [-0.2, 0) is 39.8 Å². The van der Waals surface area contributed by atoms with Crippen LogP contribution in [0, 0.1) is 0 Å². The topological polar surface area (TPSA) is 161 Å². The molecule has 0 unspecified atom stereocenters. The molecule has 0 bridgehead atoms. The first-order valence-electron chi connectivity index (χ1n) is 10.4. The number of aliphatic carboxylic acids is 1. The lowest BCUT2D eigenvalue weighted by Crippen LogP contribution is -2.46. The van der Waals surface area contributed by atoms with Crippen molar-refractivity contribution in [1.29, 1.82) is 0 Å². The monoisotopic (exact) mass is 483 g/mol. The first kappa shape index (κ1) is 29.0. The molecule has 34 heavy (non-hydrogen) atoms. The van der Waals surface area contributed by atoms with Gasteiger partial charge in [-0.3, -0.25) is 9.59 Å². The summed E-state index contributed by atoms with van der Waals surface area (Å²) in [7, 11) is 1.42. The van der Waals surface area contributed by atoms with Crippen molar-refractivity contribution >= 4 is 23.9 Å². The number of hydrogen-bond acceptors (Lipinski definition) is 10. The van der Waals surface area contributed by atoms with Gasteiger partial charge >= 0.3 is 23.9 Å². The van der Waals surface area contributed by atoms with Crippen molar-refractivity contribution in [3.05, 3.63) is 23.8 Å². The molecule has 11 nitrogen and oxygen atoms in total. The standard InChI is InChI=1S/C23H33NO10/c1-13(25)33-21(2,3)19(28)32-17-12-14(11-15(24)18(26)27)9-10-16(17)31-20(29)22(4,5)34-23(6,7)30-8/h9-10,12,15H,11,24H2,1-8H3,(H,26,27)/t15-/m0/s1. The highest BCUT2D eigenvalue weighted by Crippen LogP contribution is 2.32. The van der Waals surface area contributed by atoms with Gasteiger partial charge in [-0.05, 0) is 65.7 Å². The van der Waals surface area contributed by atoms with Gasteiger partial charge in [-0.1, -0.05) is 6.07 Å². The molecule has 0 aliphatic rings. The lowest BCUT2D eigenvalue weighted by Gasteiger charge is -2.33. The van der Waals surface area contributed by atoms with Crippen LogP contribution in [0.2, 0.25) is 0 Å². The number of nitrogens with two attached hydrogens (primary N) is 1. The summed E-state index contributed by atoms with van der Waals surface area (Å²) in [4.78, 5) is 48.0. The van der Waals surface area contributed by atoms with Crippen LogP contribution in [0.1, 0.15) is 54.0 Å². The second-order valence-corrected chi connectivity index (χ2v) is 9.03. The fraction of sp³-hybridized carbons (Fsp3) is 0.565. The molecule has 0 aliphatic heterocycles. The molecule has 0 saturated heterocycles. The zero-order valence-electron chi connectivity index (χ0n) is 20.7. The average molecular weight is 484 g/mol. The van der Waals surface area contributed by atoms with Crippen LogP contribution < -0.4 is 15.2 Å². The van der Waals surface area contributed by atoms with Gasteiger partial charge in [0, 0.05) is 14.0 Å². The highest BCUT2D eigenvalue weighted by molar-refractivity contribution is 5.85. The zero-order chi connectivity index (χ0) is 26.5. The third-order valence-electron chi connectivity index (χ3n) is 4.56. The Labute approximate surface area is 198 Å². The third-order valence-corrected chi connectivity index (χ3v) is 4.56. The van der Waals surface area contributed by atoms with Crippen LogP contribution in [0.25, 0.3) is 0 Å². The van der Waals surface area contributed by atoms with Gasteiger partial charge in [0.25, 0.3) is 0 Å². The van der Waals surface area contributed by atoms with E-state index in [1.54, 1.807) is 13.8 Å². The fourth-order valence-corrected chi connectivity index (χ4v) is 2.73. The van der Waals surface area contributed by atoms with E-state index in [0.29, 0.717) is 5.56 Å². The number of rotatable bonds is 11. The van der Waals surface area contributed by atoms with Gasteiger partial charge in [-0.25, -0.2) is 9.59 Å². The van der Waals surface area contributed by atoms with Crippen molar-refractivity contribution < 1.29 is 48.0 Å². The minimum Gasteiger partial charge on any atom is -0.480 e. The molecule has 1 aromatic rings. The largest absolute Gasteiger partial charge is 0.480 e. The Balaban J connectivity index is 3.31. The fourth-order valence-electron chi connectivity index (χ4n) is 2.73. The predicted octanol–water partition coefficient (Wildman–Crippen LogP) is 1.97. The van der Waals surface area contributed by atoms with Crippen LogP contribution in [0.4, 0.5) is 0 Å². The Bertz CT molecular complexity index is 936. The van der Waals surface area contributed by atoms with E-state index in [-0.39, 0.29) is 17.9 Å². The number of benzene rings is 1. The van der Waals surface area contributed by atoms with E-state index in [1.807, 2.05) is 0 Å². The molecule has 1 rings (SSSR count). The normalized spacial score (nSPS) is 13.1. The molecule has 0 amide bonds. The quantitative estimate of drug-likeness (QED) is 0.269. The molecule has 190 valence electrons. The van der Waals surface area contributed by atoms with Crippen molar-refractivity contribution in [3.63, 3.8) is 0 Å². The van der Waals surface area contributed by atoms with E-state index in [0.717, 1.165) is 6.92 Å². The maximum absolute atomic E-state index is 12.8. The average Bonchev–Trinajstić information content (AvgIpc) is 2.67. The lowest BCUT2D eigenvalue weighted by molar-refractivity contribution is -0.251. The second kappa shape index (κ2) is 10.9. The summed E-state index contributed by atoms with van der Waals surface area (Å²) >= 11 is 0. The molecule has 0 spiro atoms. The van der Waals surface area contributed by atoms with Gasteiger partial charge in [0.15, 0.2) is 22.9 Å². The number of carboxylic acids is 1. The summed E-state index contributed by atoms with van der Waals surface area (Å²) in [6.45, 7) is 9.99. The molecule has 1 atom stereocenters.